The fourth-order valence-corrected chi connectivity index (χ4v) is 1.31. The number of rotatable bonds is 0. The molecule has 0 bridgehead atoms. The van der Waals surface area contributed by atoms with E-state index >= 15 is 0 Å². The first-order valence-electron chi connectivity index (χ1n) is 4.93. The molecule has 0 atom stereocenters. The van der Waals surface area contributed by atoms with E-state index in [4.69, 9.17) is 5.73 Å². The standard InChI is InChI=1S/C11H10.C2H7N/c1-9-6-7-10-4-2-3-5-11(10)8-9;1-2-3/h2-8H,1H3;2-3H2,1H3. The number of fused-ring (bicyclic) bond motifs is 1. The molecule has 74 valence electrons. The van der Waals surface area contributed by atoms with Crippen molar-refractivity contribution in [3.8, 4) is 0 Å². The first-order chi connectivity index (χ1) is 6.77. The van der Waals surface area contributed by atoms with Crippen LogP contribution in [0.4, 0.5) is 0 Å². The van der Waals surface area contributed by atoms with Gasteiger partial charge < -0.3 is 5.73 Å². The van der Waals surface area contributed by atoms with Gasteiger partial charge in [-0.15, -0.1) is 0 Å². The highest BCUT2D eigenvalue weighted by molar-refractivity contribution is 5.82. The van der Waals surface area contributed by atoms with Crippen LogP contribution in [0.2, 0.25) is 0 Å². The van der Waals surface area contributed by atoms with Gasteiger partial charge in [0.25, 0.3) is 0 Å². The Balaban J connectivity index is 0.000000293. The maximum Gasteiger partial charge on any atom is -0.0106 e. The van der Waals surface area contributed by atoms with Gasteiger partial charge in [0.15, 0.2) is 0 Å². The zero-order chi connectivity index (χ0) is 10.4. The van der Waals surface area contributed by atoms with E-state index in [0.29, 0.717) is 0 Å². The van der Waals surface area contributed by atoms with E-state index < -0.39 is 0 Å². The first kappa shape index (κ1) is 10.7. The van der Waals surface area contributed by atoms with E-state index in [1.807, 2.05) is 6.92 Å². The molecular formula is C13H17N. The summed E-state index contributed by atoms with van der Waals surface area (Å²) in [5.74, 6) is 0. The molecule has 0 saturated heterocycles. The predicted octanol–water partition coefficient (Wildman–Crippen LogP) is 3.11. The molecule has 2 aromatic carbocycles. The van der Waals surface area contributed by atoms with Crippen LogP contribution < -0.4 is 5.73 Å². The molecule has 0 radical (unpaired) electrons. The third-order valence-electron chi connectivity index (χ3n) is 1.90. The molecule has 0 aliphatic heterocycles. The molecule has 0 spiro atoms. The summed E-state index contributed by atoms with van der Waals surface area (Å²) in [6.45, 7) is 4.77. The number of hydrogen-bond acceptors (Lipinski definition) is 1. The molecule has 0 heterocycles. The van der Waals surface area contributed by atoms with E-state index in [1.54, 1.807) is 0 Å². The van der Waals surface area contributed by atoms with Gasteiger partial charge in [0.05, 0.1) is 0 Å². The molecule has 0 fully saturated rings. The minimum absolute atomic E-state index is 0.750. The first-order valence-corrected chi connectivity index (χ1v) is 4.93. The summed E-state index contributed by atoms with van der Waals surface area (Å²) in [5.41, 5.74) is 6.17. The second-order valence-corrected chi connectivity index (χ2v) is 3.26. The summed E-state index contributed by atoms with van der Waals surface area (Å²) in [6, 6.07) is 14.9. The van der Waals surface area contributed by atoms with Crippen molar-refractivity contribution in [2.24, 2.45) is 5.73 Å². The molecule has 1 nitrogen and oxygen atoms in total. The Kier molecular flexibility index (Phi) is 4.14. The number of hydrogen-bond donors (Lipinski definition) is 1. The van der Waals surface area contributed by atoms with Gasteiger partial charge in [0.2, 0.25) is 0 Å². The maximum absolute atomic E-state index is 4.85. The molecule has 0 aliphatic rings. The highest BCUT2D eigenvalue weighted by atomic mass is 14.5. The van der Waals surface area contributed by atoms with E-state index in [1.165, 1.54) is 16.3 Å². The Morgan fingerprint density at radius 1 is 1.00 bits per heavy atom. The normalized spacial score (nSPS) is 9.36. The summed E-state index contributed by atoms with van der Waals surface area (Å²) < 4.78 is 0. The molecule has 0 unspecified atom stereocenters. The Bertz CT molecular complexity index is 393. The second-order valence-electron chi connectivity index (χ2n) is 3.26. The summed E-state index contributed by atoms with van der Waals surface area (Å²) in [6.07, 6.45) is 0. The summed E-state index contributed by atoms with van der Waals surface area (Å²) in [4.78, 5) is 0. The number of benzene rings is 2. The zero-order valence-corrected chi connectivity index (χ0v) is 8.83. The van der Waals surface area contributed by atoms with Crippen molar-refractivity contribution in [1.29, 1.82) is 0 Å². The van der Waals surface area contributed by atoms with Crippen LogP contribution in [0, 0.1) is 6.92 Å². The van der Waals surface area contributed by atoms with E-state index in [9.17, 15) is 0 Å². The highest BCUT2D eigenvalue weighted by Gasteiger charge is 1.89. The van der Waals surface area contributed by atoms with Crippen LogP contribution >= 0.6 is 0 Å². The van der Waals surface area contributed by atoms with E-state index in [2.05, 4.69) is 49.4 Å². The molecule has 1 heteroatoms. The highest BCUT2D eigenvalue weighted by Crippen LogP contribution is 2.14. The number of aryl methyl sites for hydroxylation is 1. The molecule has 2 rings (SSSR count). The Labute approximate surface area is 85.6 Å². The van der Waals surface area contributed by atoms with Crippen molar-refractivity contribution < 1.29 is 0 Å². The molecule has 0 aromatic heterocycles. The Morgan fingerprint density at radius 2 is 1.57 bits per heavy atom. The quantitative estimate of drug-likeness (QED) is 0.673. The molecular weight excluding hydrogens is 170 g/mol. The van der Waals surface area contributed by atoms with Crippen LogP contribution in [0.5, 0.6) is 0 Å². The minimum Gasteiger partial charge on any atom is -0.331 e. The zero-order valence-electron chi connectivity index (χ0n) is 8.83. The summed E-state index contributed by atoms with van der Waals surface area (Å²) >= 11 is 0. The fraction of sp³-hybridized carbons (Fsp3) is 0.231. The van der Waals surface area contributed by atoms with Gasteiger partial charge in [-0.2, -0.15) is 0 Å². The molecule has 0 saturated carbocycles. The van der Waals surface area contributed by atoms with Gasteiger partial charge in [-0.25, -0.2) is 0 Å². The van der Waals surface area contributed by atoms with Crippen molar-refractivity contribution in [3.05, 3.63) is 48.0 Å². The SMILES string of the molecule is CCN.Cc1ccc2ccccc2c1. The predicted molar refractivity (Wildman–Crippen MR) is 63.4 cm³/mol. The lowest BCUT2D eigenvalue weighted by atomic mass is 10.1. The number of nitrogens with two attached hydrogens (primary N) is 1. The Morgan fingerprint density at radius 3 is 2.21 bits per heavy atom. The van der Waals surface area contributed by atoms with Crippen LogP contribution in [0.3, 0.4) is 0 Å². The van der Waals surface area contributed by atoms with Gasteiger partial charge in [-0.05, 0) is 24.2 Å². The molecule has 14 heavy (non-hydrogen) atoms. The van der Waals surface area contributed by atoms with Gasteiger partial charge in [0, 0.05) is 0 Å². The lowest BCUT2D eigenvalue weighted by molar-refractivity contribution is 1.14. The second kappa shape index (κ2) is 5.40. The van der Waals surface area contributed by atoms with Crippen LogP contribution in [0.15, 0.2) is 42.5 Å². The topological polar surface area (TPSA) is 26.0 Å². The largest absolute Gasteiger partial charge is 0.331 e. The van der Waals surface area contributed by atoms with Gasteiger partial charge in [0.1, 0.15) is 0 Å². The van der Waals surface area contributed by atoms with E-state index in [-0.39, 0.29) is 0 Å². The van der Waals surface area contributed by atoms with Crippen LogP contribution in [0.25, 0.3) is 10.8 Å². The van der Waals surface area contributed by atoms with Crippen molar-refractivity contribution in [2.75, 3.05) is 6.54 Å². The average molecular weight is 187 g/mol. The minimum atomic E-state index is 0.750. The maximum atomic E-state index is 4.85. The monoisotopic (exact) mass is 187 g/mol. The van der Waals surface area contributed by atoms with Crippen LogP contribution in [0.1, 0.15) is 12.5 Å². The third kappa shape index (κ3) is 2.86. The van der Waals surface area contributed by atoms with Gasteiger partial charge in [-0.3, -0.25) is 0 Å². The molecule has 0 amide bonds. The van der Waals surface area contributed by atoms with Crippen molar-refractivity contribution in [1.82, 2.24) is 0 Å². The Hall–Kier alpha value is -1.34. The fourth-order valence-electron chi connectivity index (χ4n) is 1.31. The van der Waals surface area contributed by atoms with Crippen molar-refractivity contribution in [3.63, 3.8) is 0 Å². The van der Waals surface area contributed by atoms with Gasteiger partial charge >= 0.3 is 0 Å². The molecule has 2 N–H and O–H groups in total. The van der Waals surface area contributed by atoms with Gasteiger partial charge in [-0.1, -0.05) is 55.0 Å². The van der Waals surface area contributed by atoms with Crippen molar-refractivity contribution in [2.45, 2.75) is 13.8 Å². The third-order valence-corrected chi connectivity index (χ3v) is 1.90. The molecule has 2 aromatic rings. The summed E-state index contributed by atoms with van der Waals surface area (Å²) in [7, 11) is 0. The van der Waals surface area contributed by atoms with E-state index in [0.717, 1.165) is 6.54 Å². The lowest BCUT2D eigenvalue weighted by Crippen LogP contribution is -1.87. The molecule has 0 aliphatic carbocycles. The van der Waals surface area contributed by atoms with Crippen molar-refractivity contribution >= 4 is 10.8 Å². The smallest absolute Gasteiger partial charge is 0.0106 e. The average Bonchev–Trinajstić information content (AvgIpc) is 2.19. The van der Waals surface area contributed by atoms with Crippen LogP contribution in [-0.4, -0.2) is 6.54 Å². The summed E-state index contributed by atoms with van der Waals surface area (Å²) in [5, 5.41) is 2.64. The lowest BCUT2D eigenvalue weighted by Gasteiger charge is -1.96. The van der Waals surface area contributed by atoms with Crippen LogP contribution in [-0.2, 0) is 0 Å².